The van der Waals surface area contributed by atoms with Crippen LogP contribution in [0.4, 0.5) is 0 Å². The Bertz CT molecular complexity index is 792. The van der Waals surface area contributed by atoms with E-state index in [2.05, 4.69) is 32.9 Å². The van der Waals surface area contributed by atoms with Crippen LogP contribution in [0.5, 0.6) is 11.5 Å². The summed E-state index contributed by atoms with van der Waals surface area (Å²) in [4.78, 5) is 12.8. The number of phenols is 1. The predicted octanol–water partition coefficient (Wildman–Crippen LogP) is 5.81. The topological polar surface area (TPSA) is 46.5 Å². The number of ether oxygens (including phenoxy) is 1. The van der Waals surface area contributed by atoms with Crippen molar-refractivity contribution in [2.45, 2.75) is 46.0 Å². The molecule has 144 valence electrons. The van der Waals surface area contributed by atoms with Gasteiger partial charge in [-0.3, -0.25) is 4.79 Å². The van der Waals surface area contributed by atoms with Crippen molar-refractivity contribution in [1.29, 1.82) is 0 Å². The second-order valence-electron chi connectivity index (χ2n) is 8.27. The maximum Gasteiger partial charge on any atom is 0.196 e. The number of aromatic hydroxyl groups is 1. The standard InChI is InChI=1S/C24H30O3/c1-15(2)20-11-5-16(3)13-22(20)17-6-8-18(9-7-17)24(26)21-12-10-19(27-4)14-23(21)25/h6-10,12,14-16,20,22,25H,5,11,13H2,1-4H3. The third-order valence-corrected chi connectivity index (χ3v) is 6.07. The summed E-state index contributed by atoms with van der Waals surface area (Å²) in [5.74, 6) is 3.00. The van der Waals surface area contributed by atoms with E-state index in [-0.39, 0.29) is 11.5 Å². The van der Waals surface area contributed by atoms with Crippen molar-refractivity contribution >= 4 is 5.78 Å². The van der Waals surface area contributed by atoms with Crippen LogP contribution < -0.4 is 4.74 Å². The van der Waals surface area contributed by atoms with Crippen LogP contribution in [0, 0.1) is 17.8 Å². The van der Waals surface area contributed by atoms with Crippen molar-refractivity contribution in [3.8, 4) is 11.5 Å². The second kappa shape index (κ2) is 8.16. The number of hydrogen-bond donors (Lipinski definition) is 1. The highest BCUT2D eigenvalue weighted by molar-refractivity contribution is 6.10. The average molecular weight is 367 g/mol. The number of rotatable bonds is 5. The van der Waals surface area contributed by atoms with Gasteiger partial charge in [-0.25, -0.2) is 0 Å². The molecule has 0 spiro atoms. The van der Waals surface area contributed by atoms with Gasteiger partial charge in [0.25, 0.3) is 0 Å². The number of carbonyl (C=O) groups is 1. The van der Waals surface area contributed by atoms with Gasteiger partial charge in [-0.1, -0.05) is 51.5 Å². The van der Waals surface area contributed by atoms with Crippen molar-refractivity contribution in [2.24, 2.45) is 17.8 Å². The molecule has 1 N–H and O–H groups in total. The largest absolute Gasteiger partial charge is 0.507 e. The van der Waals surface area contributed by atoms with Crippen LogP contribution in [-0.2, 0) is 0 Å². The highest BCUT2D eigenvalue weighted by atomic mass is 16.5. The fourth-order valence-electron chi connectivity index (χ4n) is 4.45. The van der Waals surface area contributed by atoms with Gasteiger partial charge in [0.1, 0.15) is 11.5 Å². The maximum atomic E-state index is 12.8. The minimum absolute atomic E-state index is 0.0515. The quantitative estimate of drug-likeness (QED) is 0.680. The summed E-state index contributed by atoms with van der Waals surface area (Å²) in [5.41, 5.74) is 2.23. The second-order valence-corrected chi connectivity index (χ2v) is 8.27. The maximum absolute atomic E-state index is 12.8. The van der Waals surface area contributed by atoms with Gasteiger partial charge in [-0.05, 0) is 54.2 Å². The smallest absolute Gasteiger partial charge is 0.196 e. The minimum Gasteiger partial charge on any atom is -0.507 e. The minimum atomic E-state index is -0.167. The number of phenolic OH excluding ortho intramolecular Hbond substituents is 1. The van der Waals surface area contributed by atoms with Crippen molar-refractivity contribution in [3.63, 3.8) is 0 Å². The van der Waals surface area contributed by atoms with Gasteiger partial charge in [0.15, 0.2) is 5.78 Å². The molecule has 1 saturated carbocycles. The zero-order valence-electron chi connectivity index (χ0n) is 16.7. The highest BCUT2D eigenvalue weighted by Gasteiger charge is 2.31. The summed E-state index contributed by atoms with van der Waals surface area (Å²) >= 11 is 0. The molecule has 0 radical (unpaired) electrons. The van der Waals surface area contributed by atoms with Gasteiger partial charge >= 0.3 is 0 Å². The van der Waals surface area contributed by atoms with E-state index in [1.807, 2.05) is 12.1 Å². The number of ketones is 1. The van der Waals surface area contributed by atoms with E-state index < -0.39 is 0 Å². The lowest BCUT2D eigenvalue weighted by Gasteiger charge is -2.37. The van der Waals surface area contributed by atoms with Crippen LogP contribution in [0.15, 0.2) is 42.5 Å². The zero-order chi connectivity index (χ0) is 19.6. The van der Waals surface area contributed by atoms with E-state index >= 15 is 0 Å². The molecule has 0 aliphatic heterocycles. The molecule has 0 bridgehead atoms. The highest BCUT2D eigenvalue weighted by Crippen LogP contribution is 2.44. The van der Waals surface area contributed by atoms with E-state index in [1.54, 1.807) is 12.1 Å². The van der Waals surface area contributed by atoms with Crippen molar-refractivity contribution in [2.75, 3.05) is 7.11 Å². The predicted molar refractivity (Wildman–Crippen MR) is 109 cm³/mol. The SMILES string of the molecule is COc1ccc(C(=O)c2ccc(C3CC(C)CCC3C(C)C)cc2)c(O)c1. The number of carbonyl (C=O) groups excluding carboxylic acids is 1. The molecule has 2 aromatic carbocycles. The molecule has 3 nitrogen and oxygen atoms in total. The summed E-state index contributed by atoms with van der Waals surface area (Å²) in [6, 6.07) is 12.8. The van der Waals surface area contributed by atoms with Gasteiger partial charge in [0.2, 0.25) is 0 Å². The average Bonchev–Trinajstić information content (AvgIpc) is 2.67. The normalized spacial score (nSPS) is 22.6. The van der Waals surface area contributed by atoms with E-state index in [0.717, 1.165) is 5.92 Å². The van der Waals surface area contributed by atoms with Crippen LogP contribution in [0.3, 0.4) is 0 Å². The molecule has 27 heavy (non-hydrogen) atoms. The molecule has 3 unspecified atom stereocenters. The number of methoxy groups -OCH3 is 1. The molecule has 0 saturated heterocycles. The Hall–Kier alpha value is -2.29. The first kappa shape index (κ1) is 19.5. The number of hydrogen-bond acceptors (Lipinski definition) is 3. The van der Waals surface area contributed by atoms with Gasteiger partial charge in [-0.15, -0.1) is 0 Å². The molecular formula is C24H30O3. The Labute approximate surface area is 162 Å². The van der Waals surface area contributed by atoms with Crippen molar-refractivity contribution in [3.05, 3.63) is 59.2 Å². The number of benzene rings is 2. The Morgan fingerprint density at radius 3 is 2.41 bits per heavy atom. The zero-order valence-corrected chi connectivity index (χ0v) is 16.7. The molecule has 3 rings (SSSR count). The Morgan fingerprint density at radius 1 is 1.11 bits per heavy atom. The molecule has 0 heterocycles. The summed E-state index contributed by atoms with van der Waals surface area (Å²) in [7, 11) is 1.53. The molecular weight excluding hydrogens is 336 g/mol. The Kier molecular flexibility index (Phi) is 5.88. The summed E-state index contributed by atoms with van der Waals surface area (Å²) in [6.07, 6.45) is 3.81. The van der Waals surface area contributed by atoms with Crippen LogP contribution in [0.1, 0.15) is 67.4 Å². The first-order valence-corrected chi connectivity index (χ1v) is 9.92. The van der Waals surface area contributed by atoms with Crippen LogP contribution in [-0.4, -0.2) is 18.0 Å². The molecule has 3 heteroatoms. The van der Waals surface area contributed by atoms with E-state index in [0.29, 0.717) is 34.6 Å². The fraction of sp³-hybridized carbons (Fsp3) is 0.458. The van der Waals surface area contributed by atoms with E-state index in [4.69, 9.17) is 4.74 Å². The Morgan fingerprint density at radius 2 is 1.81 bits per heavy atom. The molecule has 1 aliphatic carbocycles. The summed E-state index contributed by atoms with van der Waals surface area (Å²) in [6.45, 7) is 6.98. The first-order valence-electron chi connectivity index (χ1n) is 9.92. The van der Waals surface area contributed by atoms with Gasteiger partial charge < -0.3 is 9.84 Å². The molecule has 0 amide bonds. The monoisotopic (exact) mass is 366 g/mol. The summed E-state index contributed by atoms with van der Waals surface area (Å²) in [5, 5.41) is 10.1. The summed E-state index contributed by atoms with van der Waals surface area (Å²) < 4.78 is 5.08. The fourth-order valence-corrected chi connectivity index (χ4v) is 4.45. The van der Waals surface area contributed by atoms with Crippen LogP contribution >= 0.6 is 0 Å². The van der Waals surface area contributed by atoms with E-state index in [9.17, 15) is 9.90 Å². The Balaban J connectivity index is 1.83. The lowest BCUT2D eigenvalue weighted by molar-refractivity contribution is 0.103. The molecule has 2 aromatic rings. The molecule has 1 fully saturated rings. The van der Waals surface area contributed by atoms with Crippen LogP contribution in [0.2, 0.25) is 0 Å². The van der Waals surface area contributed by atoms with Gasteiger partial charge in [-0.2, -0.15) is 0 Å². The van der Waals surface area contributed by atoms with Crippen molar-refractivity contribution in [1.82, 2.24) is 0 Å². The van der Waals surface area contributed by atoms with E-state index in [1.165, 1.54) is 38.0 Å². The van der Waals surface area contributed by atoms with Gasteiger partial charge in [0.05, 0.1) is 12.7 Å². The lowest BCUT2D eigenvalue weighted by Crippen LogP contribution is -2.26. The first-order chi connectivity index (χ1) is 12.9. The van der Waals surface area contributed by atoms with Crippen molar-refractivity contribution < 1.29 is 14.6 Å². The third-order valence-electron chi connectivity index (χ3n) is 6.07. The molecule has 3 atom stereocenters. The third kappa shape index (κ3) is 4.18. The van der Waals surface area contributed by atoms with Gasteiger partial charge in [0, 0.05) is 11.6 Å². The molecule has 1 aliphatic rings. The molecule has 0 aromatic heterocycles. The van der Waals surface area contributed by atoms with Crippen LogP contribution in [0.25, 0.3) is 0 Å². The lowest BCUT2D eigenvalue weighted by atomic mass is 9.67.